The van der Waals surface area contributed by atoms with Crippen molar-refractivity contribution in [2.24, 2.45) is 0 Å². The molecule has 0 aliphatic rings. The fourth-order valence-corrected chi connectivity index (χ4v) is 1.86. The van der Waals surface area contributed by atoms with Gasteiger partial charge < -0.3 is 25.1 Å². The lowest BCUT2D eigenvalue weighted by atomic mass is 10.4. The molecule has 0 aromatic carbocycles. The molecule has 3 N–H and O–H groups in total. The molecule has 0 unspecified atom stereocenters. The molecule has 2 aromatic heterocycles. The molecule has 0 bridgehead atoms. The number of nitrogens with one attached hydrogen (secondary N) is 1. The molecule has 0 radical (unpaired) electrons. The number of imidazole rings is 1. The first-order chi connectivity index (χ1) is 10.2. The summed E-state index contributed by atoms with van der Waals surface area (Å²) < 4.78 is 12.2. The Kier molecular flexibility index (Phi) is 5.33. The minimum Gasteiger partial charge on any atom is -0.479 e. The van der Waals surface area contributed by atoms with Gasteiger partial charge in [-0.1, -0.05) is 0 Å². The van der Waals surface area contributed by atoms with E-state index in [1.807, 2.05) is 10.8 Å². The van der Waals surface area contributed by atoms with Crippen molar-refractivity contribution >= 4 is 11.5 Å². The van der Waals surface area contributed by atoms with E-state index in [1.165, 1.54) is 7.11 Å². The summed E-state index contributed by atoms with van der Waals surface area (Å²) >= 11 is 0. The van der Waals surface area contributed by atoms with Gasteiger partial charge in [0.1, 0.15) is 12.3 Å². The molecule has 0 aliphatic carbocycles. The highest BCUT2D eigenvalue weighted by molar-refractivity contribution is 5.66. The number of rotatable bonds is 8. The molecule has 0 spiro atoms. The maximum absolute atomic E-state index is 5.97. The number of methoxy groups -OCH3 is 2. The third-order valence-electron chi connectivity index (χ3n) is 2.87. The van der Waals surface area contributed by atoms with Gasteiger partial charge in [-0.25, -0.2) is 9.97 Å². The molecule has 0 saturated carbocycles. The van der Waals surface area contributed by atoms with E-state index in [-0.39, 0.29) is 0 Å². The highest BCUT2D eigenvalue weighted by Gasteiger charge is 2.11. The van der Waals surface area contributed by atoms with E-state index < -0.39 is 0 Å². The minimum atomic E-state index is 0.306. The zero-order valence-corrected chi connectivity index (χ0v) is 12.2. The molecule has 21 heavy (non-hydrogen) atoms. The van der Waals surface area contributed by atoms with Gasteiger partial charge in [-0.05, 0) is 6.42 Å². The standard InChI is InChI=1S/C13H20N6O2/c1-20-8-10-17-12(11(14)13(18-10)21-2)16-4-3-6-19-7-5-15-9-19/h5,7,9H,3-4,6,8,14H2,1-2H3,(H,16,17,18). The maximum atomic E-state index is 5.97. The van der Waals surface area contributed by atoms with E-state index >= 15 is 0 Å². The van der Waals surface area contributed by atoms with Gasteiger partial charge in [0.15, 0.2) is 11.6 Å². The lowest BCUT2D eigenvalue weighted by molar-refractivity contribution is 0.177. The average Bonchev–Trinajstić information content (AvgIpc) is 2.99. The molecule has 2 heterocycles. The van der Waals surface area contributed by atoms with E-state index in [0.717, 1.165) is 19.5 Å². The summed E-state index contributed by atoms with van der Waals surface area (Å²) in [7, 11) is 3.11. The Bertz CT molecular complexity index is 558. The van der Waals surface area contributed by atoms with Crippen LogP contribution in [0.4, 0.5) is 11.5 Å². The normalized spacial score (nSPS) is 10.6. The fourth-order valence-electron chi connectivity index (χ4n) is 1.86. The van der Waals surface area contributed by atoms with Crippen LogP contribution >= 0.6 is 0 Å². The van der Waals surface area contributed by atoms with Gasteiger partial charge in [-0.15, -0.1) is 0 Å². The van der Waals surface area contributed by atoms with Crippen LogP contribution in [0.5, 0.6) is 5.88 Å². The molecule has 0 fully saturated rings. The number of nitrogen functional groups attached to an aromatic ring is 1. The molecule has 0 atom stereocenters. The van der Waals surface area contributed by atoms with Gasteiger partial charge in [-0.3, -0.25) is 0 Å². The van der Waals surface area contributed by atoms with Crippen molar-refractivity contribution in [1.29, 1.82) is 0 Å². The second-order valence-electron chi connectivity index (χ2n) is 4.43. The molecule has 0 aliphatic heterocycles. The summed E-state index contributed by atoms with van der Waals surface area (Å²) in [6, 6.07) is 0. The van der Waals surface area contributed by atoms with Gasteiger partial charge in [-0.2, -0.15) is 4.98 Å². The van der Waals surface area contributed by atoms with E-state index in [1.54, 1.807) is 19.6 Å². The van der Waals surface area contributed by atoms with Gasteiger partial charge in [0.25, 0.3) is 0 Å². The molecule has 8 heteroatoms. The minimum absolute atomic E-state index is 0.306. The van der Waals surface area contributed by atoms with Crippen LogP contribution < -0.4 is 15.8 Å². The van der Waals surface area contributed by atoms with Crippen LogP contribution in [-0.4, -0.2) is 40.3 Å². The lowest BCUT2D eigenvalue weighted by Gasteiger charge is -2.12. The second kappa shape index (κ2) is 7.44. The maximum Gasteiger partial charge on any atom is 0.242 e. The van der Waals surface area contributed by atoms with E-state index in [4.69, 9.17) is 15.2 Å². The zero-order chi connectivity index (χ0) is 15.1. The number of aromatic nitrogens is 4. The van der Waals surface area contributed by atoms with Crippen molar-refractivity contribution in [2.45, 2.75) is 19.6 Å². The SMILES string of the molecule is COCc1nc(NCCCn2ccnc2)c(N)c(OC)n1. The van der Waals surface area contributed by atoms with Crippen molar-refractivity contribution in [3.05, 3.63) is 24.5 Å². The summed E-state index contributed by atoms with van der Waals surface area (Å²) in [5.41, 5.74) is 6.37. The average molecular weight is 292 g/mol. The Balaban J connectivity index is 1.96. The number of aryl methyl sites for hydroxylation is 1. The monoisotopic (exact) mass is 292 g/mol. The molecule has 0 saturated heterocycles. The highest BCUT2D eigenvalue weighted by Crippen LogP contribution is 2.25. The summed E-state index contributed by atoms with van der Waals surface area (Å²) in [6.07, 6.45) is 6.40. The summed E-state index contributed by atoms with van der Waals surface area (Å²) in [5.74, 6) is 1.45. The van der Waals surface area contributed by atoms with Gasteiger partial charge in [0.05, 0.1) is 13.4 Å². The Hall–Kier alpha value is -2.35. The predicted molar refractivity (Wildman–Crippen MR) is 79.0 cm³/mol. The van der Waals surface area contributed by atoms with Crippen LogP contribution in [0.3, 0.4) is 0 Å². The number of nitrogens with two attached hydrogens (primary N) is 1. The van der Waals surface area contributed by atoms with Crippen molar-refractivity contribution in [1.82, 2.24) is 19.5 Å². The van der Waals surface area contributed by atoms with Gasteiger partial charge >= 0.3 is 0 Å². The second-order valence-corrected chi connectivity index (χ2v) is 4.43. The van der Waals surface area contributed by atoms with Crippen LogP contribution in [0.15, 0.2) is 18.7 Å². The molecule has 2 aromatic rings. The fraction of sp³-hybridized carbons (Fsp3) is 0.462. The van der Waals surface area contributed by atoms with Gasteiger partial charge in [0, 0.05) is 32.6 Å². The summed E-state index contributed by atoms with van der Waals surface area (Å²) in [6.45, 7) is 1.91. The third-order valence-corrected chi connectivity index (χ3v) is 2.87. The van der Waals surface area contributed by atoms with Crippen LogP contribution in [0.2, 0.25) is 0 Å². The number of nitrogens with zero attached hydrogens (tertiary/aromatic N) is 4. The summed E-state index contributed by atoms with van der Waals surface area (Å²) in [5, 5.41) is 3.20. The van der Waals surface area contributed by atoms with Crippen molar-refractivity contribution in [3.8, 4) is 5.88 Å². The van der Waals surface area contributed by atoms with E-state index in [9.17, 15) is 0 Å². The highest BCUT2D eigenvalue weighted by atomic mass is 16.5. The molecule has 114 valence electrons. The van der Waals surface area contributed by atoms with Gasteiger partial charge in [0.2, 0.25) is 5.88 Å². The number of hydrogen-bond acceptors (Lipinski definition) is 7. The largest absolute Gasteiger partial charge is 0.479 e. The van der Waals surface area contributed by atoms with E-state index in [0.29, 0.717) is 29.8 Å². The predicted octanol–water partition coefficient (Wildman–Crippen LogP) is 0.912. The van der Waals surface area contributed by atoms with E-state index in [2.05, 4.69) is 20.3 Å². The molecule has 8 nitrogen and oxygen atoms in total. The number of anilines is 2. The first-order valence-electron chi connectivity index (χ1n) is 6.63. The van der Waals surface area contributed by atoms with Crippen molar-refractivity contribution < 1.29 is 9.47 Å². The van der Waals surface area contributed by atoms with Crippen molar-refractivity contribution in [3.63, 3.8) is 0 Å². The van der Waals surface area contributed by atoms with Crippen molar-refractivity contribution in [2.75, 3.05) is 31.8 Å². The Morgan fingerprint density at radius 1 is 1.33 bits per heavy atom. The van der Waals surface area contributed by atoms with Crippen LogP contribution in [0.25, 0.3) is 0 Å². The molecular formula is C13H20N6O2. The lowest BCUT2D eigenvalue weighted by Crippen LogP contribution is -2.12. The Labute approximate surface area is 123 Å². The smallest absolute Gasteiger partial charge is 0.242 e. The van der Waals surface area contributed by atoms with Crippen LogP contribution in [0.1, 0.15) is 12.2 Å². The first-order valence-corrected chi connectivity index (χ1v) is 6.63. The molecule has 0 amide bonds. The topological polar surface area (TPSA) is 100 Å². The number of ether oxygens (including phenoxy) is 2. The third kappa shape index (κ3) is 4.06. The Morgan fingerprint density at radius 3 is 2.86 bits per heavy atom. The quantitative estimate of drug-likeness (QED) is 0.697. The zero-order valence-electron chi connectivity index (χ0n) is 12.2. The van der Waals surface area contributed by atoms with Crippen LogP contribution in [-0.2, 0) is 17.9 Å². The Morgan fingerprint density at radius 2 is 2.19 bits per heavy atom. The molecular weight excluding hydrogens is 272 g/mol. The van der Waals surface area contributed by atoms with Crippen LogP contribution in [0, 0.1) is 0 Å². The molecule has 2 rings (SSSR count). The number of hydrogen-bond donors (Lipinski definition) is 2. The summed E-state index contributed by atoms with van der Waals surface area (Å²) in [4.78, 5) is 12.5. The first kappa shape index (κ1) is 15.0.